The first-order valence-corrected chi connectivity index (χ1v) is 23.9. The average molecular weight is 734 g/mol. The first-order chi connectivity index (χ1) is 23.8. The van der Waals surface area contributed by atoms with Crippen molar-refractivity contribution in [1.82, 2.24) is 4.90 Å². The topological polar surface area (TPSA) is 83.5 Å². The van der Waals surface area contributed by atoms with Gasteiger partial charge < -0.3 is 23.1 Å². The van der Waals surface area contributed by atoms with Crippen LogP contribution in [0, 0.1) is 0 Å². The zero-order chi connectivity index (χ0) is 37.6. The predicted octanol–water partition coefficient (Wildman–Crippen LogP) is 9.62. The Balaban J connectivity index is 1.80. The van der Waals surface area contributed by atoms with Gasteiger partial charge in [-0.3, -0.25) is 4.90 Å². The lowest BCUT2D eigenvalue weighted by Crippen LogP contribution is -2.64. The molecule has 3 aromatic rings. The molecule has 0 unspecified atom stereocenters. The second kappa shape index (κ2) is 16.6. The lowest BCUT2D eigenvalue weighted by Gasteiger charge is -2.49. The zero-order valence-electron chi connectivity index (χ0n) is 32.5. The largest absolute Gasteiger partial charge is 0.509 e. The molecule has 0 radical (unpaired) electrons. The van der Waals surface area contributed by atoms with Crippen LogP contribution in [-0.4, -0.2) is 70.7 Å². The van der Waals surface area contributed by atoms with Crippen molar-refractivity contribution in [1.29, 1.82) is 0 Å². The fourth-order valence-electron chi connectivity index (χ4n) is 5.55. The maximum absolute atomic E-state index is 13.7. The summed E-state index contributed by atoms with van der Waals surface area (Å²) in [6, 6.07) is 29.1. The molecule has 3 aromatic carbocycles. The van der Waals surface area contributed by atoms with Gasteiger partial charge >= 0.3 is 12.1 Å². The summed E-state index contributed by atoms with van der Waals surface area (Å²) in [5.41, 5.74) is 2.67. The standard InChI is InChI=1S/C41H59NO7Si2/c1-30(42(27-31-21-15-12-16-22-31)28-32-23-17-13-18-24-32)35-37(49-51(10,11)41(5,6)7)36(48-39(44)47-35)34(29-45-50(8,9)40(2,3)4)46-38(43)33-25-19-14-20-26-33/h12-26,30,34-37H,27-29H2,1-11H3/t30-,34-,35+,36+,37+/m0/s1. The number of ether oxygens (including phenoxy) is 3. The highest BCUT2D eigenvalue weighted by molar-refractivity contribution is 6.74. The van der Waals surface area contributed by atoms with Crippen molar-refractivity contribution in [3.05, 3.63) is 108 Å². The van der Waals surface area contributed by atoms with E-state index in [-0.39, 0.29) is 22.7 Å². The molecule has 0 aliphatic carbocycles. The van der Waals surface area contributed by atoms with Crippen molar-refractivity contribution >= 4 is 28.8 Å². The van der Waals surface area contributed by atoms with E-state index in [0.717, 1.165) is 11.1 Å². The van der Waals surface area contributed by atoms with Gasteiger partial charge in [-0.2, -0.15) is 0 Å². The van der Waals surface area contributed by atoms with Crippen molar-refractivity contribution in [3.8, 4) is 0 Å². The molecule has 0 spiro atoms. The van der Waals surface area contributed by atoms with Crippen LogP contribution in [-0.2, 0) is 36.2 Å². The number of carbonyl (C=O) groups is 2. The highest BCUT2D eigenvalue weighted by atomic mass is 28.4. The average Bonchev–Trinajstić information content (AvgIpc) is 3.06. The molecule has 0 saturated carbocycles. The summed E-state index contributed by atoms with van der Waals surface area (Å²) in [5.74, 6) is -0.521. The SMILES string of the molecule is C[C@@H]([C@H]1OC(=O)O[C@H]([C@H](CO[Si](C)(C)C(C)(C)C)OC(=O)c2ccccc2)[C@@H]1O[Si](C)(C)C(C)(C)C)N(Cc1ccccc1)Cc1ccccc1. The van der Waals surface area contributed by atoms with Gasteiger partial charge in [0.15, 0.2) is 28.8 Å². The van der Waals surface area contributed by atoms with Crippen molar-refractivity contribution in [2.24, 2.45) is 0 Å². The molecule has 0 amide bonds. The molecule has 1 heterocycles. The van der Waals surface area contributed by atoms with E-state index in [2.05, 4.69) is 104 Å². The molecule has 0 aromatic heterocycles. The molecule has 1 aliphatic rings. The van der Waals surface area contributed by atoms with Gasteiger partial charge in [0.2, 0.25) is 0 Å². The number of carbonyl (C=O) groups excluding carboxylic acids is 2. The Hall–Kier alpha value is -3.29. The van der Waals surface area contributed by atoms with Gasteiger partial charge in [0, 0.05) is 19.1 Å². The Morgan fingerprint density at radius 1 is 0.725 bits per heavy atom. The molecule has 1 saturated heterocycles. The normalized spacial score (nSPS) is 19.9. The van der Waals surface area contributed by atoms with Crippen LogP contribution in [0.3, 0.4) is 0 Å². The number of benzene rings is 3. The summed E-state index contributed by atoms with van der Waals surface area (Å²) in [5, 5.41) is -0.273. The molecule has 0 bridgehead atoms. The second-order valence-electron chi connectivity index (χ2n) is 16.8. The van der Waals surface area contributed by atoms with Crippen LogP contribution >= 0.6 is 0 Å². The number of nitrogens with zero attached hydrogens (tertiary/aromatic N) is 1. The summed E-state index contributed by atoms with van der Waals surface area (Å²) < 4.78 is 32.5. The van der Waals surface area contributed by atoms with Gasteiger partial charge in [0.25, 0.3) is 0 Å². The third kappa shape index (κ3) is 10.6. The summed E-state index contributed by atoms with van der Waals surface area (Å²) in [4.78, 5) is 29.6. The quantitative estimate of drug-likeness (QED) is 0.120. The van der Waals surface area contributed by atoms with Crippen LogP contribution in [0.25, 0.3) is 0 Å². The second-order valence-corrected chi connectivity index (χ2v) is 26.3. The first kappa shape index (κ1) is 40.5. The number of rotatable bonds is 14. The minimum atomic E-state index is -2.53. The van der Waals surface area contributed by atoms with E-state index in [1.54, 1.807) is 24.3 Å². The van der Waals surface area contributed by atoms with Crippen molar-refractivity contribution in [2.75, 3.05) is 6.61 Å². The number of hydrogen-bond donors (Lipinski definition) is 0. The first-order valence-electron chi connectivity index (χ1n) is 18.1. The van der Waals surface area contributed by atoms with Crippen LogP contribution in [0.15, 0.2) is 91.0 Å². The molecule has 0 N–H and O–H groups in total. The van der Waals surface area contributed by atoms with Gasteiger partial charge in [-0.1, -0.05) is 120 Å². The highest BCUT2D eigenvalue weighted by Gasteiger charge is 2.54. The van der Waals surface area contributed by atoms with Crippen molar-refractivity contribution in [3.63, 3.8) is 0 Å². The Bertz CT molecular complexity index is 1510. The number of esters is 1. The van der Waals surface area contributed by atoms with E-state index >= 15 is 0 Å². The van der Waals surface area contributed by atoms with E-state index in [4.69, 9.17) is 23.1 Å². The summed E-state index contributed by atoms with van der Waals surface area (Å²) in [6.07, 6.45) is -4.27. The van der Waals surface area contributed by atoms with Crippen molar-refractivity contribution < 1.29 is 32.7 Å². The molecular formula is C41H59NO7Si2. The van der Waals surface area contributed by atoms with Crippen LogP contribution in [0.4, 0.5) is 4.79 Å². The maximum atomic E-state index is 13.7. The third-order valence-corrected chi connectivity index (χ3v) is 19.9. The van der Waals surface area contributed by atoms with Crippen LogP contribution in [0.5, 0.6) is 0 Å². The molecule has 10 heteroatoms. The monoisotopic (exact) mass is 733 g/mol. The Labute approximate surface area is 308 Å². The maximum Gasteiger partial charge on any atom is 0.509 e. The predicted molar refractivity (Wildman–Crippen MR) is 208 cm³/mol. The Kier molecular flexibility index (Phi) is 13.2. The minimum absolute atomic E-state index is 0.0449. The van der Waals surface area contributed by atoms with Gasteiger partial charge in [0.05, 0.1) is 12.2 Å². The van der Waals surface area contributed by atoms with E-state index in [1.165, 1.54) is 0 Å². The lowest BCUT2D eigenvalue weighted by molar-refractivity contribution is -0.182. The Morgan fingerprint density at radius 2 is 1.18 bits per heavy atom. The van der Waals surface area contributed by atoms with Crippen LogP contribution in [0.2, 0.25) is 36.3 Å². The summed E-state index contributed by atoms with van der Waals surface area (Å²) in [6.45, 7) is 25.0. The van der Waals surface area contributed by atoms with E-state index in [1.807, 2.05) is 42.5 Å². The number of hydrogen-bond acceptors (Lipinski definition) is 8. The molecule has 5 atom stereocenters. The zero-order valence-corrected chi connectivity index (χ0v) is 34.5. The molecule has 8 nitrogen and oxygen atoms in total. The molecule has 278 valence electrons. The van der Waals surface area contributed by atoms with Gasteiger partial charge in [0.1, 0.15) is 12.2 Å². The van der Waals surface area contributed by atoms with Crippen LogP contribution in [0.1, 0.15) is 70.0 Å². The molecule has 1 fully saturated rings. The summed E-state index contributed by atoms with van der Waals surface area (Å²) >= 11 is 0. The third-order valence-electron chi connectivity index (χ3n) is 10.9. The minimum Gasteiger partial charge on any atom is -0.452 e. The molecular weight excluding hydrogens is 675 g/mol. The van der Waals surface area contributed by atoms with Gasteiger partial charge in [-0.05, 0) is 66.4 Å². The van der Waals surface area contributed by atoms with E-state index < -0.39 is 53.2 Å². The fraction of sp³-hybridized carbons (Fsp3) is 0.512. The fourth-order valence-corrected chi connectivity index (χ4v) is 7.87. The highest BCUT2D eigenvalue weighted by Crippen LogP contribution is 2.41. The molecule has 4 rings (SSSR count). The van der Waals surface area contributed by atoms with Gasteiger partial charge in [-0.25, -0.2) is 9.59 Å². The van der Waals surface area contributed by atoms with E-state index in [9.17, 15) is 9.59 Å². The van der Waals surface area contributed by atoms with Crippen molar-refractivity contribution in [2.45, 2.75) is 128 Å². The smallest absolute Gasteiger partial charge is 0.452 e. The molecule has 1 aliphatic heterocycles. The lowest BCUT2D eigenvalue weighted by atomic mass is 9.95. The Morgan fingerprint density at radius 3 is 1.65 bits per heavy atom. The van der Waals surface area contributed by atoms with E-state index in [0.29, 0.717) is 18.7 Å². The summed E-state index contributed by atoms with van der Waals surface area (Å²) in [7, 11) is -4.85. The number of cyclic esters (lactones) is 2. The van der Waals surface area contributed by atoms with Crippen LogP contribution < -0.4 is 0 Å². The van der Waals surface area contributed by atoms with Gasteiger partial charge in [-0.15, -0.1) is 0 Å². The molecule has 51 heavy (non-hydrogen) atoms.